The van der Waals surface area contributed by atoms with Gasteiger partial charge in [-0.1, -0.05) is 0 Å². The van der Waals surface area contributed by atoms with Gasteiger partial charge < -0.3 is 10.2 Å². The molecule has 1 aliphatic rings. The zero-order chi connectivity index (χ0) is 14.7. The van der Waals surface area contributed by atoms with Gasteiger partial charge in [0.25, 0.3) is 11.2 Å². The largest absolute Gasteiger partial charge is 0.339 e. The number of carbonyl (C=O) groups excluding carboxylic acids is 1. The van der Waals surface area contributed by atoms with Crippen molar-refractivity contribution in [1.29, 1.82) is 0 Å². The molecule has 0 unspecified atom stereocenters. The van der Waals surface area contributed by atoms with Crippen LogP contribution in [0.15, 0.2) is 17.1 Å². The zero-order valence-electron chi connectivity index (χ0n) is 11.2. The van der Waals surface area contributed by atoms with Crippen LogP contribution in [0.3, 0.4) is 0 Å². The van der Waals surface area contributed by atoms with Crippen molar-refractivity contribution in [1.82, 2.24) is 14.8 Å². The summed E-state index contributed by atoms with van der Waals surface area (Å²) in [5, 5.41) is 14.0. The number of hydrogen-bond acceptors (Lipinski definition) is 5. The van der Waals surface area contributed by atoms with E-state index in [0.717, 1.165) is 10.8 Å². The fraction of sp³-hybridized carbons (Fsp3) is 0.500. The van der Waals surface area contributed by atoms with E-state index >= 15 is 0 Å². The monoisotopic (exact) mass is 280 g/mol. The molecule has 0 aromatic carbocycles. The fourth-order valence-corrected chi connectivity index (χ4v) is 2.13. The highest BCUT2D eigenvalue weighted by molar-refractivity contribution is 5.76. The third-order valence-corrected chi connectivity index (χ3v) is 3.28. The topological polar surface area (TPSA) is 97.5 Å². The van der Waals surface area contributed by atoms with E-state index in [0.29, 0.717) is 31.7 Å². The van der Waals surface area contributed by atoms with Crippen molar-refractivity contribution in [2.24, 2.45) is 0 Å². The summed E-state index contributed by atoms with van der Waals surface area (Å²) < 4.78 is 1.09. The molecule has 8 heteroatoms. The molecule has 0 spiro atoms. The maximum Gasteiger partial charge on any atom is 0.288 e. The van der Waals surface area contributed by atoms with E-state index in [2.05, 4.69) is 5.32 Å². The molecular formula is C12H16N4O4. The molecule has 1 fully saturated rings. The number of rotatable bonds is 3. The van der Waals surface area contributed by atoms with Crippen molar-refractivity contribution < 1.29 is 9.72 Å². The normalized spacial score (nSPS) is 15.2. The van der Waals surface area contributed by atoms with Gasteiger partial charge in [-0.3, -0.25) is 24.3 Å². The lowest BCUT2D eigenvalue weighted by molar-refractivity contribution is -0.385. The molecular weight excluding hydrogens is 264 g/mol. The molecule has 0 radical (unpaired) electrons. The van der Waals surface area contributed by atoms with Crippen molar-refractivity contribution >= 4 is 11.6 Å². The smallest absolute Gasteiger partial charge is 0.288 e. The average molecular weight is 280 g/mol. The van der Waals surface area contributed by atoms with Crippen molar-refractivity contribution in [3.05, 3.63) is 38.3 Å². The second-order valence-electron chi connectivity index (χ2n) is 4.70. The molecule has 8 nitrogen and oxygen atoms in total. The molecule has 108 valence electrons. The molecule has 2 rings (SSSR count). The first-order chi connectivity index (χ1) is 9.49. The molecule has 1 amide bonds. The van der Waals surface area contributed by atoms with Crippen LogP contribution in [-0.4, -0.2) is 46.5 Å². The minimum absolute atomic E-state index is 0.155. The van der Waals surface area contributed by atoms with Gasteiger partial charge in [0.05, 0.1) is 11.1 Å². The summed E-state index contributed by atoms with van der Waals surface area (Å²) in [7, 11) is 0. The lowest BCUT2D eigenvalue weighted by Crippen LogP contribution is -2.48. The molecule has 0 bridgehead atoms. The lowest BCUT2D eigenvalue weighted by Gasteiger charge is -2.27. The molecule has 1 aromatic heterocycles. The van der Waals surface area contributed by atoms with Crippen LogP contribution in [0.2, 0.25) is 0 Å². The molecule has 1 aromatic rings. The predicted octanol–water partition coefficient (Wildman–Crippen LogP) is -0.503. The number of aryl methyl sites for hydroxylation is 1. The SMILES string of the molecule is Cc1cc(=O)n(CC(=O)N2CCNCC2)cc1[N+](=O)[O-]. The number of nitrogens with zero attached hydrogens (tertiary/aromatic N) is 3. The van der Waals surface area contributed by atoms with Crippen molar-refractivity contribution in [2.75, 3.05) is 26.2 Å². The van der Waals surface area contributed by atoms with Gasteiger partial charge in [0.15, 0.2) is 0 Å². The first kappa shape index (κ1) is 14.2. The van der Waals surface area contributed by atoms with Crippen LogP contribution >= 0.6 is 0 Å². The quantitative estimate of drug-likeness (QED) is 0.594. The highest BCUT2D eigenvalue weighted by Crippen LogP contribution is 2.14. The number of piperazine rings is 1. The highest BCUT2D eigenvalue weighted by atomic mass is 16.6. The summed E-state index contributed by atoms with van der Waals surface area (Å²) in [5.74, 6) is -0.202. The Morgan fingerprint density at radius 2 is 2.10 bits per heavy atom. The molecule has 1 saturated heterocycles. The number of aromatic nitrogens is 1. The minimum Gasteiger partial charge on any atom is -0.339 e. The Morgan fingerprint density at radius 1 is 1.45 bits per heavy atom. The summed E-state index contributed by atoms with van der Waals surface area (Å²) in [5.41, 5.74) is -0.264. The number of carbonyl (C=O) groups is 1. The van der Waals surface area contributed by atoms with Gasteiger partial charge in [-0.2, -0.15) is 0 Å². The third kappa shape index (κ3) is 3.02. The molecule has 0 aliphatic carbocycles. The number of nitro groups is 1. The van der Waals surface area contributed by atoms with Crippen LogP contribution in [0.5, 0.6) is 0 Å². The van der Waals surface area contributed by atoms with Crippen LogP contribution in [0.25, 0.3) is 0 Å². The Balaban J connectivity index is 2.20. The second kappa shape index (κ2) is 5.83. The van der Waals surface area contributed by atoms with E-state index in [1.54, 1.807) is 4.90 Å². The summed E-state index contributed by atoms with van der Waals surface area (Å²) in [6.07, 6.45) is 1.14. The first-order valence-electron chi connectivity index (χ1n) is 6.33. The van der Waals surface area contributed by atoms with Gasteiger partial charge in [-0.05, 0) is 6.92 Å². The van der Waals surface area contributed by atoms with Crippen molar-refractivity contribution in [2.45, 2.75) is 13.5 Å². The highest BCUT2D eigenvalue weighted by Gasteiger charge is 2.19. The van der Waals surface area contributed by atoms with Gasteiger partial charge in [0, 0.05) is 37.8 Å². The number of nitrogens with one attached hydrogen (secondary N) is 1. The van der Waals surface area contributed by atoms with Crippen LogP contribution in [0.1, 0.15) is 5.56 Å². The van der Waals surface area contributed by atoms with Crippen molar-refractivity contribution in [3.8, 4) is 0 Å². The van der Waals surface area contributed by atoms with E-state index in [9.17, 15) is 19.7 Å². The maximum atomic E-state index is 12.1. The van der Waals surface area contributed by atoms with E-state index < -0.39 is 10.5 Å². The Labute approximate surface area is 115 Å². The summed E-state index contributed by atoms with van der Waals surface area (Å²) in [4.78, 5) is 35.8. The molecule has 0 atom stereocenters. The standard InChI is InChI=1S/C12H16N4O4/c1-9-6-11(17)15(7-10(9)16(19)20)8-12(18)14-4-2-13-3-5-14/h6-7,13H,2-5,8H2,1H3. The number of pyridine rings is 1. The van der Waals surface area contributed by atoms with Crippen LogP contribution < -0.4 is 10.9 Å². The van der Waals surface area contributed by atoms with Gasteiger partial charge >= 0.3 is 0 Å². The van der Waals surface area contributed by atoms with Gasteiger partial charge in [-0.15, -0.1) is 0 Å². The Bertz CT molecular complexity index is 590. The number of amides is 1. The molecule has 1 N–H and O–H groups in total. The Kier molecular flexibility index (Phi) is 4.14. The molecule has 0 saturated carbocycles. The zero-order valence-corrected chi connectivity index (χ0v) is 11.2. The Morgan fingerprint density at radius 3 is 2.70 bits per heavy atom. The summed E-state index contributed by atoms with van der Waals surface area (Å²) in [6.45, 7) is 3.94. The van der Waals surface area contributed by atoms with E-state index in [-0.39, 0.29) is 18.1 Å². The lowest BCUT2D eigenvalue weighted by atomic mass is 10.2. The summed E-state index contributed by atoms with van der Waals surface area (Å²) >= 11 is 0. The van der Waals surface area contributed by atoms with E-state index in [1.165, 1.54) is 13.0 Å². The van der Waals surface area contributed by atoms with Gasteiger partial charge in [-0.25, -0.2) is 0 Å². The van der Waals surface area contributed by atoms with E-state index in [4.69, 9.17) is 0 Å². The molecule has 20 heavy (non-hydrogen) atoms. The van der Waals surface area contributed by atoms with E-state index in [1.807, 2.05) is 0 Å². The average Bonchev–Trinajstić information content (AvgIpc) is 2.42. The fourth-order valence-electron chi connectivity index (χ4n) is 2.13. The summed E-state index contributed by atoms with van der Waals surface area (Å²) in [6, 6.07) is 1.18. The van der Waals surface area contributed by atoms with Gasteiger partial charge in [0.1, 0.15) is 6.54 Å². The minimum atomic E-state index is -0.555. The Hall–Kier alpha value is -2.22. The third-order valence-electron chi connectivity index (χ3n) is 3.28. The van der Waals surface area contributed by atoms with Crippen molar-refractivity contribution in [3.63, 3.8) is 0 Å². The number of hydrogen-bond donors (Lipinski definition) is 1. The van der Waals surface area contributed by atoms with Crippen LogP contribution in [-0.2, 0) is 11.3 Å². The van der Waals surface area contributed by atoms with Crippen LogP contribution in [0.4, 0.5) is 5.69 Å². The van der Waals surface area contributed by atoms with Crippen LogP contribution in [0, 0.1) is 17.0 Å². The molecule has 1 aliphatic heterocycles. The maximum absolute atomic E-state index is 12.1. The second-order valence-corrected chi connectivity index (χ2v) is 4.70. The first-order valence-corrected chi connectivity index (χ1v) is 6.33. The van der Waals surface area contributed by atoms with Gasteiger partial charge in [0.2, 0.25) is 5.91 Å². The molecule has 2 heterocycles. The predicted molar refractivity (Wildman–Crippen MR) is 71.5 cm³/mol.